The summed E-state index contributed by atoms with van der Waals surface area (Å²) in [4.78, 5) is 24.1. The van der Waals surface area contributed by atoms with E-state index in [1.54, 1.807) is 24.3 Å². The molecule has 0 fully saturated rings. The lowest BCUT2D eigenvalue weighted by molar-refractivity contribution is 0.0951. The van der Waals surface area contributed by atoms with Gasteiger partial charge < -0.3 is 0 Å². The molecule has 3 rings (SSSR count). The Kier molecular flexibility index (Phi) is 5.06. The molecule has 0 radical (unpaired) electrons. The lowest BCUT2D eigenvalue weighted by atomic mass is 10.1. The maximum atomic E-state index is 12.4. The highest BCUT2D eigenvalue weighted by Gasteiger charge is 2.16. The number of carbonyl (C=O) groups is 1. The summed E-state index contributed by atoms with van der Waals surface area (Å²) in [5.74, 6) is -0.674. The Morgan fingerprint density at radius 2 is 1.89 bits per heavy atom. The van der Waals surface area contributed by atoms with Crippen LogP contribution in [0, 0.1) is 0 Å². The lowest BCUT2D eigenvalue weighted by Crippen LogP contribution is -2.22. The fourth-order valence-electron chi connectivity index (χ4n) is 2.46. The molecule has 0 saturated carbocycles. The van der Waals surface area contributed by atoms with Gasteiger partial charge in [-0.2, -0.15) is 10.2 Å². The Labute approximate surface area is 158 Å². The van der Waals surface area contributed by atoms with Crippen molar-refractivity contribution in [3.8, 4) is 0 Å². The van der Waals surface area contributed by atoms with Crippen LogP contribution in [0.1, 0.15) is 16.1 Å². The van der Waals surface area contributed by atoms with E-state index < -0.39 is 21.3 Å². The molecule has 0 unspecified atom stereocenters. The number of hydrogen-bond acceptors (Lipinski definition) is 6. The molecule has 0 saturated heterocycles. The lowest BCUT2D eigenvalue weighted by Gasteiger charge is -2.06. The van der Waals surface area contributed by atoms with Gasteiger partial charge in [-0.3, -0.25) is 9.59 Å². The van der Waals surface area contributed by atoms with Crippen molar-refractivity contribution in [2.24, 2.45) is 5.10 Å². The highest BCUT2D eigenvalue weighted by molar-refractivity contribution is 7.90. The molecular weight excluding hydrogens is 392 g/mol. The molecule has 2 N–H and O–H groups in total. The molecule has 10 heteroatoms. The number of hydrazone groups is 1. The molecule has 1 aromatic heterocycles. The minimum absolute atomic E-state index is 0.0133. The van der Waals surface area contributed by atoms with E-state index in [-0.39, 0.29) is 21.2 Å². The topological polar surface area (TPSA) is 121 Å². The largest absolute Gasteiger partial charge is 0.292 e. The molecular formula is C17H13ClN4O4S. The number of rotatable bonds is 4. The Morgan fingerprint density at radius 3 is 2.59 bits per heavy atom. The quantitative estimate of drug-likeness (QED) is 0.506. The standard InChI is InChI=1S/C17H13ClN4O4S/c1-27(25,26)14-8-4-7-13(18)12(14)9-19-21-17(24)15-10-5-2-3-6-11(10)16(23)22-20-15/h2-9H,1H3,(H,21,24)(H,22,23)/b19-9+. The van der Waals surface area contributed by atoms with Crippen LogP contribution in [0.3, 0.4) is 0 Å². The summed E-state index contributed by atoms with van der Waals surface area (Å²) < 4.78 is 23.7. The second-order valence-corrected chi connectivity index (χ2v) is 7.96. The van der Waals surface area contributed by atoms with Crippen molar-refractivity contribution >= 4 is 44.3 Å². The van der Waals surface area contributed by atoms with Crippen LogP contribution in [-0.4, -0.2) is 37.0 Å². The molecule has 0 aliphatic heterocycles. The number of benzene rings is 2. The molecule has 27 heavy (non-hydrogen) atoms. The van der Waals surface area contributed by atoms with Crippen LogP contribution in [0.15, 0.2) is 57.3 Å². The van der Waals surface area contributed by atoms with Crippen LogP contribution < -0.4 is 11.0 Å². The number of nitrogens with one attached hydrogen (secondary N) is 2. The number of amides is 1. The zero-order valence-corrected chi connectivity index (χ0v) is 15.5. The van der Waals surface area contributed by atoms with Gasteiger partial charge in [0, 0.05) is 17.2 Å². The zero-order valence-electron chi connectivity index (χ0n) is 13.9. The Hall–Kier alpha value is -3.04. The van der Waals surface area contributed by atoms with E-state index >= 15 is 0 Å². The average Bonchev–Trinajstić information content (AvgIpc) is 2.62. The molecule has 2 aromatic carbocycles. The number of aromatic nitrogens is 2. The van der Waals surface area contributed by atoms with Crippen molar-refractivity contribution in [2.75, 3.05) is 6.26 Å². The number of sulfone groups is 1. The van der Waals surface area contributed by atoms with Crippen LogP contribution in [0.4, 0.5) is 0 Å². The van der Waals surface area contributed by atoms with Gasteiger partial charge in [0.05, 0.1) is 21.5 Å². The molecule has 0 atom stereocenters. The van der Waals surface area contributed by atoms with Gasteiger partial charge in [0.25, 0.3) is 11.5 Å². The van der Waals surface area contributed by atoms with E-state index in [4.69, 9.17) is 11.6 Å². The summed E-state index contributed by atoms with van der Waals surface area (Å²) in [6.07, 6.45) is 2.19. The average molecular weight is 405 g/mol. The minimum atomic E-state index is -3.53. The smallest absolute Gasteiger partial charge is 0.267 e. The Morgan fingerprint density at radius 1 is 1.19 bits per heavy atom. The van der Waals surface area contributed by atoms with Gasteiger partial charge in [0.15, 0.2) is 15.5 Å². The highest BCUT2D eigenvalue weighted by atomic mass is 35.5. The summed E-state index contributed by atoms with van der Waals surface area (Å²) in [7, 11) is -3.53. The zero-order chi connectivity index (χ0) is 19.6. The third kappa shape index (κ3) is 3.88. The van der Waals surface area contributed by atoms with Crippen LogP contribution >= 0.6 is 11.6 Å². The van der Waals surface area contributed by atoms with Crippen LogP contribution in [0.25, 0.3) is 10.8 Å². The number of nitrogens with zero attached hydrogens (tertiary/aromatic N) is 2. The first-order valence-corrected chi connectivity index (χ1v) is 9.85. The van der Waals surface area contributed by atoms with E-state index in [1.165, 1.54) is 18.2 Å². The first-order valence-electron chi connectivity index (χ1n) is 7.58. The predicted octanol–water partition coefficient (Wildman–Crippen LogP) is 1.74. The molecule has 1 heterocycles. The van der Waals surface area contributed by atoms with Gasteiger partial charge in [0.2, 0.25) is 0 Å². The summed E-state index contributed by atoms with van der Waals surface area (Å²) in [6.45, 7) is 0. The molecule has 0 aliphatic carbocycles. The van der Waals surface area contributed by atoms with Gasteiger partial charge >= 0.3 is 0 Å². The number of aromatic amines is 1. The molecule has 8 nitrogen and oxygen atoms in total. The molecule has 0 aliphatic rings. The van der Waals surface area contributed by atoms with Crippen molar-refractivity contribution in [1.29, 1.82) is 0 Å². The maximum absolute atomic E-state index is 12.4. The van der Waals surface area contributed by atoms with E-state index in [1.807, 2.05) is 0 Å². The normalized spacial score (nSPS) is 11.8. The van der Waals surface area contributed by atoms with Gasteiger partial charge in [-0.25, -0.2) is 18.9 Å². The second kappa shape index (κ2) is 7.29. The van der Waals surface area contributed by atoms with Crippen LogP contribution in [-0.2, 0) is 9.84 Å². The van der Waals surface area contributed by atoms with E-state index in [0.29, 0.717) is 10.8 Å². The third-order valence-corrected chi connectivity index (χ3v) is 5.17. The van der Waals surface area contributed by atoms with Crippen molar-refractivity contribution in [1.82, 2.24) is 15.6 Å². The summed E-state index contributed by atoms with van der Waals surface area (Å²) in [5.41, 5.74) is 1.97. The summed E-state index contributed by atoms with van der Waals surface area (Å²) in [5, 5.41) is 10.6. The number of halogens is 1. The van der Waals surface area contributed by atoms with Crippen LogP contribution in [0.2, 0.25) is 5.02 Å². The van der Waals surface area contributed by atoms with Crippen molar-refractivity contribution in [3.05, 3.63) is 69.1 Å². The van der Waals surface area contributed by atoms with E-state index in [0.717, 1.165) is 12.5 Å². The first-order chi connectivity index (χ1) is 12.8. The highest BCUT2D eigenvalue weighted by Crippen LogP contribution is 2.22. The second-order valence-electron chi connectivity index (χ2n) is 5.57. The number of fused-ring (bicyclic) bond motifs is 1. The predicted molar refractivity (Wildman–Crippen MR) is 102 cm³/mol. The molecule has 0 spiro atoms. The van der Waals surface area contributed by atoms with Gasteiger partial charge in [-0.05, 0) is 18.2 Å². The monoisotopic (exact) mass is 404 g/mol. The molecule has 138 valence electrons. The summed E-state index contributed by atoms with van der Waals surface area (Å²) >= 11 is 6.04. The van der Waals surface area contributed by atoms with Crippen molar-refractivity contribution in [3.63, 3.8) is 0 Å². The molecule has 3 aromatic rings. The Balaban J connectivity index is 1.92. The van der Waals surface area contributed by atoms with Crippen molar-refractivity contribution < 1.29 is 13.2 Å². The number of carbonyl (C=O) groups excluding carboxylic acids is 1. The van der Waals surface area contributed by atoms with Gasteiger partial charge in [0.1, 0.15) is 0 Å². The number of hydrogen-bond donors (Lipinski definition) is 2. The molecule has 1 amide bonds. The van der Waals surface area contributed by atoms with E-state index in [2.05, 4.69) is 20.7 Å². The van der Waals surface area contributed by atoms with Crippen molar-refractivity contribution in [2.45, 2.75) is 4.90 Å². The van der Waals surface area contributed by atoms with Crippen LogP contribution in [0.5, 0.6) is 0 Å². The SMILES string of the molecule is CS(=O)(=O)c1cccc(Cl)c1/C=N/NC(=O)c1n[nH]c(=O)c2ccccc12. The fourth-order valence-corrected chi connectivity index (χ4v) is 3.63. The minimum Gasteiger partial charge on any atom is -0.267 e. The molecule has 0 bridgehead atoms. The fraction of sp³-hybridized carbons (Fsp3) is 0.0588. The van der Waals surface area contributed by atoms with Gasteiger partial charge in [-0.15, -0.1) is 0 Å². The third-order valence-electron chi connectivity index (χ3n) is 3.68. The van der Waals surface area contributed by atoms with E-state index in [9.17, 15) is 18.0 Å². The van der Waals surface area contributed by atoms with Gasteiger partial charge in [-0.1, -0.05) is 35.9 Å². The number of H-pyrrole nitrogens is 1. The first kappa shape index (κ1) is 18.7. The maximum Gasteiger partial charge on any atom is 0.292 e. The summed E-state index contributed by atoms with van der Waals surface area (Å²) in [6, 6.07) is 10.9. The Bertz CT molecular complexity index is 1240.